The Morgan fingerprint density at radius 2 is 1.75 bits per heavy atom. The zero-order chi connectivity index (χ0) is 9.03. The maximum atomic E-state index is 10.3. The third-order valence-electron chi connectivity index (χ3n) is 2.17. The molecule has 1 rings (SSSR count). The van der Waals surface area contributed by atoms with Crippen LogP contribution in [0.5, 0.6) is 0 Å². The highest BCUT2D eigenvalue weighted by molar-refractivity contribution is 7.88. The Morgan fingerprint density at radius 1 is 1.17 bits per heavy atom. The van der Waals surface area contributed by atoms with Gasteiger partial charge in [-0.25, -0.2) is 0 Å². The number of allylic oxidation sites excluding steroid dienone is 1. The van der Waals surface area contributed by atoms with Crippen molar-refractivity contribution in [2.24, 2.45) is 5.92 Å². The molecule has 0 aromatic rings. The van der Waals surface area contributed by atoms with E-state index in [9.17, 15) is 8.42 Å². The van der Waals surface area contributed by atoms with Gasteiger partial charge in [0, 0.05) is 0 Å². The van der Waals surface area contributed by atoms with Gasteiger partial charge < -0.3 is 0 Å². The van der Waals surface area contributed by atoms with E-state index in [0.29, 0.717) is 5.92 Å². The highest BCUT2D eigenvalue weighted by Gasteiger charge is 2.10. The minimum absolute atomic E-state index is 0.348. The summed E-state index contributed by atoms with van der Waals surface area (Å²) in [6, 6.07) is 0. The molecule has 0 unspecified atom stereocenters. The minimum Gasteiger partial charge on any atom is -0.282 e. The van der Waals surface area contributed by atoms with Crippen molar-refractivity contribution >= 4 is 10.1 Å². The third-order valence-corrected chi connectivity index (χ3v) is 2.67. The number of rotatable bonds is 2. The summed E-state index contributed by atoms with van der Waals surface area (Å²) in [6.45, 7) is 0. The smallest absolute Gasteiger partial charge is 0.282 e. The molecule has 0 bridgehead atoms. The van der Waals surface area contributed by atoms with Crippen LogP contribution in [-0.4, -0.2) is 13.0 Å². The molecule has 12 heavy (non-hydrogen) atoms. The number of hydrogen-bond donors (Lipinski definition) is 1. The van der Waals surface area contributed by atoms with Gasteiger partial charge >= 0.3 is 0 Å². The molecule has 0 saturated heterocycles. The Morgan fingerprint density at radius 3 is 2.25 bits per heavy atom. The van der Waals surface area contributed by atoms with Gasteiger partial charge in [-0.1, -0.05) is 25.3 Å². The molecule has 0 aromatic carbocycles. The van der Waals surface area contributed by atoms with E-state index in [1.54, 1.807) is 6.08 Å². The normalized spacial score (nSPS) is 21.8. The van der Waals surface area contributed by atoms with Crippen LogP contribution in [0.4, 0.5) is 0 Å². The molecular formula is C8H14O3S. The Kier molecular flexibility index (Phi) is 3.29. The van der Waals surface area contributed by atoms with E-state index < -0.39 is 10.1 Å². The second-order valence-corrected chi connectivity index (χ2v) is 4.54. The lowest BCUT2D eigenvalue weighted by molar-refractivity contribution is 0.419. The summed E-state index contributed by atoms with van der Waals surface area (Å²) < 4.78 is 29.1. The fraction of sp³-hybridized carbons (Fsp3) is 0.750. The maximum absolute atomic E-state index is 10.3. The van der Waals surface area contributed by atoms with Crippen LogP contribution in [0.2, 0.25) is 0 Å². The first-order valence-electron chi connectivity index (χ1n) is 4.23. The largest absolute Gasteiger partial charge is 0.287 e. The van der Waals surface area contributed by atoms with E-state index in [2.05, 4.69) is 0 Å². The second-order valence-electron chi connectivity index (χ2n) is 3.24. The first-order chi connectivity index (χ1) is 5.58. The summed E-state index contributed by atoms with van der Waals surface area (Å²) in [7, 11) is -3.90. The quantitative estimate of drug-likeness (QED) is 0.677. The molecule has 0 aromatic heterocycles. The van der Waals surface area contributed by atoms with Gasteiger partial charge in [0.2, 0.25) is 0 Å². The van der Waals surface area contributed by atoms with Crippen molar-refractivity contribution in [3.05, 3.63) is 11.5 Å². The van der Waals surface area contributed by atoms with Crippen LogP contribution >= 0.6 is 0 Å². The fourth-order valence-corrected chi connectivity index (χ4v) is 1.96. The Bertz CT molecular complexity index is 247. The maximum Gasteiger partial charge on any atom is 0.287 e. The van der Waals surface area contributed by atoms with Crippen LogP contribution in [0.3, 0.4) is 0 Å². The molecule has 70 valence electrons. The van der Waals surface area contributed by atoms with E-state index in [1.165, 1.54) is 19.3 Å². The van der Waals surface area contributed by atoms with Gasteiger partial charge in [0.15, 0.2) is 0 Å². The van der Waals surface area contributed by atoms with Crippen molar-refractivity contribution in [3.63, 3.8) is 0 Å². The molecule has 1 saturated carbocycles. The lowest BCUT2D eigenvalue weighted by Crippen LogP contribution is -2.03. The summed E-state index contributed by atoms with van der Waals surface area (Å²) in [6.07, 6.45) is 7.28. The van der Waals surface area contributed by atoms with Crippen molar-refractivity contribution in [2.75, 3.05) is 0 Å². The van der Waals surface area contributed by atoms with Crippen LogP contribution in [-0.2, 0) is 10.1 Å². The molecule has 4 heteroatoms. The molecule has 0 heterocycles. The van der Waals surface area contributed by atoms with Crippen molar-refractivity contribution in [3.8, 4) is 0 Å². The summed E-state index contributed by atoms with van der Waals surface area (Å²) in [4.78, 5) is 0. The predicted octanol–water partition coefficient (Wildman–Crippen LogP) is 1.97. The van der Waals surface area contributed by atoms with Gasteiger partial charge in [-0.3, -0.25) is 4.55 Å². The van der Waals surface area contributed by atoms with E-state index in [1.807, 2.05) is 0 Å². The molecule has 0 spiro atoms. The van der Waals surface area contributed by atoms with E-state index in [0.717, 1.165) is 18.2 Å². The van der Waals surface area contributed by atoms with Crippen LogP contribution in [0.1, 0.15) is 32.1 Å². The van der Waals surface area contributed by atoms with E-state index >= 15 is 0 Å². The zero-order valence-corrected chi connectivity index (χ0v) is 7.76. The summed E-state index contributed by atoms with van der Waals surface area (Å²) in [5, 5.41) is 0.906. The topological polar surface area (TPSA) is 54.4 Å². The SMILES string of the molecule is O=S(=O)(O)C=CC1CCCCC1. The lowest BCUT2D eigenvalue weighted by Gasteiger charge is -2.17. The van der Waals surface area contributed by atoms with Crippen molar-refractivity contribution in [1.82, 2.24) is 0 Å². The molecule has 1 aliphatic carbocycles. The first kappa shape index (κ1) is 9.74. The van der Waals surface area contributed by atoms with Crippen LogP contribution in [0, 0.1) is 5.92 Å². The van der Waals surface area contributed by atoms with Crippen LogP contribution < -0.4 is 0 Å². The first-order valence-corrected chi connectivity index (χ1v) is 5.74. The minimum atomic E-state index is -3.90. The molecule has 1 fully saturated rings. The summed E-state index contributed by atoms with van der Waals surface area (Å²) in [5.74, 6) is 0.348. The predicted molar refractivity (Wildman–Crippen MR) is 47.3 cm³/mol. The molecule has 1 aliphatic rings. The van der Waals surface area contributed by atoms with Gasteiger partial charge in [-0.15, -0.1) is 0 Å². The van der Waals surface area contributed by atoms with Crippen LogP contribution in [0.15, 0.2) is 11.5 Å². The van der Waals surface area contributed by atoms with E-state index in [4.69, 9.17) is 4.55 Å². The second kappa shape index (κ2) is 4.05. The number of hydrogen-bond acceptors (Lipinski definition) is 2. The van der Waals surface area contributed by atoms with Gasteiger partial charge in [0.05, 0.1) is 5.41 Å². The zero-order valence-electron chi connectivity index (χ0n) is 6.94. The Balaban J connectivity index is 2.44. The molecule has 0 aliphatic heterocycles. The van der Waals surface area contributed by atoms with Crippen LogP contribution in [0.25, 0.3) is 0 Å². The molecule has 0 amide bonds. The highest BCUT2D eigenvalue weighted by Crippen LogP contribution is 2.24. The molecular weight excluding hydrogens is 176 g/mol. The van der Waals surface area contributed by atoms with Gasteiger partial charge in [-0.05, 0) is 18.8 Å². The average molecular weight is 190 g/mol. The van der Waals surface area contributed by atoms with Gasteiger partial charge in [-0.2, -0.15) is 8.42 Å². The van der Waals surface area contributed by atoms with Crippen molar-refractivity contribution < 1.29 is 13.0 Å². The van der Waals surface area contributed by atoms with E-state index in [-0.39, 0.29) is 0 Å². The van der Waals surface area contributed by atoms with Gasteiger partial charge in [0.1, 0.15) is 0 Å². The Hall–Kier alpha value is -0.350. The summed E-state index contributed by atoms with van der Waals surface area (Å²) >= 11 is 0. The molecule has 3 nitrogen and oxygen atoms in total. The Labute approximate surface area is 73.2 Å². The van der Waals surface area contributed by atoms with Crippen molar-refractivity contribution in [2.45, 2.75) is 32.1 Å². The fourth-order valence-electron chi connectivity index (χ4n) is 1.54. The lowest BCUT2D eigenvalue weighted by atomic mass is 9.90. The third kappa shape index (κ3) is 3.88. The molecule has 0 radical (unpaired) electrons. The average Bonchev–Trinajstić information content (AvgIpc) is 2.02. The van der Waals surface area contributed by atoms with Gasteiger partial charge in [0.25, 0.3) is 10.1 Å². The molecule has 0 atom stereocenters. The molecule has 1 N–H and O–H groups in total. The summed E-state index contributed by atoms with van der Waals surface area (Å²) in [5.41, 5.74) is 0. The standard InChI is InChI=1S/C8H14O3S/c9-12(10,11)7-6-8-4-2-1-3-5-8/h6-8H,1-5H2,(H,9,10,11). The monoisotopic (exact) mass is 190 g/mol. The highest BCUT2D eigenvalue weighted by atomic mass is 32.2. The van der Waals surface area contributed by atoms with Crippen molar-refractivity contribution in [1.29, 1.82) is 0 Å².